The SMILES string of the molecule is COC(=O)[C@H](CSC[C@@H](NC(=O)OCc1ccccc1)C(=O)O)NC(=O)OC(C)(C)C. The van der Waals surface area contributed by atoms with E-state index in [4.69, 9.17) is 9.47 Å². The number of esters is 1. The zero-order valence-electron chi connectivity index (χ0n) is 17.9. The second-order valence-corrected chi connectivity index (χ2v) is 8.43. The molecule has 2 amide bonds. The lowest BCUT2D eigenvalue weighted by atomic mass is 10.2. The van der Waals surface area contributed by atoms with Crippen LogP contribution in [0, 0.1) is 0 Å². The average Bonchev–Trinajstić information content (AvgIpc) is 2.69. The van der Waals surface area contributed by atoms with Crippen LogP contribution in [0.2, 0.25) is 0 Å². The van der Waals surface area contributed by atoms with Crippen molar-refractivity contribution in [3.63, 3.8) is 0 Å². The first kappa shape index (κ1) is 26.1. The third kappa shape index (κ3) is 11.1. The van der Waals surface area contributed by atoms with Gasteiger partial charge in [0.15, 0.2) is 0 Å². The van der Waals surface area contributed by atoms with Gasteiger partial charge in [0.25, 0.3) is 0 Å². The Morgan fingerprint density at radius 3 is 2.13 bits per heavy atom. The minimum Gasteiger partial charge on any atom is -0.480 e. The van der Waals surface area contributed by atoms with Crippen LogP contribution < -0.4 is 10.6 Å². The van der Waals surface area contributed by atoms with Gasteiger partial charge in [-0.2, -0.15) is 11.8 Å². The quantitative estimate of drug-likeness (QED) is 0.357. The fraction of sp³-hybridized carbons (Fsp3) is 0.500. The molecule has 2 atom stereocenters. The highest BCUT2D eigenvalue weighted by atomic mass is 32.2. The van der Waals surface area contributed by atoms with Gasteiger partial charge in [-0.15, -0.1) is 0 Å². The number of amides is 2. The summed E-state index contributed by atoms with van der Waals surface area (Å²) < 4.78 is 14.8. The van der Waals surface area contributed by atoms with E-state index >= 15 is 0 Å². The molecule has 1 aromatic rings. The van der Waals surface area contributed by atoms with Crippen LogP contribution >= 0.6 is 11.8 Å². The van der Waals surface area contributed by atoms with Crippen LogP contribution in [0.15, 0.2) is 30.3 Å². The summed E-state index contributed by atoms with van der Waals surface area (Å²) in [5, 5.41) is 14.0. The Kier molecular flexibility index (Phi) is 10.7. The molecule has 0 aliphatic rings. The molecule has 0 saturated heterocycles. The predicted octanol–water partition coefficient (Wildman–Crippen LogP) is 2.17. The summed E-state index contributed by atoms with van der Waals surface area (Å²) in [6.07, 6.45) is -1.69. The molecule has 0 unspecified atom stereocenters. The fourth-order valence-electron chi connectivity index (χ4n) is 2.15. The van der Waals surface area contributed by atoms with E-state index in [-0.39, 0.29) is 18.1 Å². The average molecular weight is 457 g/mol. The van der Waals surface area contributed by atoms with Crippen molar-refractivity contribution in [2.45, 2.75) is 45.1 Å². The zero-order chi connectivity index (χ0) is 23.4. The van der Waals surface area contributed by atoms with Gasteiger partial charge in [-0.3, -0.25) is 0 Å². The summed E-state index contributed by atoms with van der Waals surface area (Å²) in [6.45, 7) is 5.02. The van der Waals surface area contributed by atoms with Crippen LogP contribution in [0.3, 0.4) is 0 Å². The molecular weight excluding hydrogens is 428 g/mol. The van der Waals surface area contributed by atoms with Crippen molar-refractivity contribution in [3.8, 4) is 0 Å². The molecule has 0 aliphatic carbocycles. The van der Waals surface area contributed by atoms with Gasteiger partial charge in [-0.25, -0.2) is 19.2 Å². The lowest BCUT2D eigenvalue weighted by molar-refractivity contribution is -0.142. The summed E-state index contributed by atoms with van der Waals surface area (Å²) in [4.78, 5) is 47.2. The molecule has 172 valence electrons. The third-order valence-electron chi connectivity index (χ3n) is 3.55. The number of methoxy groups -OCH3 is 1. The van der Waals surface area contributed by atoms with E-state index in [9.17, 15) is 24.3 Å². The normalized spacial score (nSPS) is 12.8. The van der Waals surface area contributed by atoms with E-state index in [0.29, 0.717) is 0 Å². The molecular formula is C20H28N2O8S. The van der Waals surface area contributed by atoms with Gasteiger partial charge in [0.05, 0.1) is 7.11 Å². The molecule has 11 heteroatoms. The van der Waals surface area contributed by atoms with Gasteiger partial charge < -0.3 is 30.0 Å². The summed E-state index contributed by atoms with van der Waals surface area (Å²) in [5.41, 5.74) is 0.00380. The number of ether oxygens (including phenoxy) is 3. The Hall–Kier alpha value is -2.95. The number of carboxylic acid groups (broad SMARTS) is 1. The molecule has 0 radical (unpaired) electrons. The second kappa shape index (κ2) is 12.7. The van der Waals surface area contributed by atoms with Crippen LogP contribution in [0.5, 0.6) is 0 Å². The highest BCUT2D eigenvalue weighted by Crippen LogP contribution is 2.11. The first-order chi connectivity index (χ1) is 14.5. The molecule has 3 N–H and O–H groups in total. The Balaban J connectivity index is 2.55. The molecule has 0 saturated carbocycles. The van der Waals surface area contributed by atoms with Crippen LogP contribution in [-0.2, 0) is 30.4 Å². The first-order valence-electron chi connectivity index (χ1n) is 9.37. The van der Waals surface area contributed by atoms with Crippen molar-refractivity contribution in [3.05, 3.63) is 35.9 Å². The predicted molar refractivity (Wildman–Crippen MR) is 114 cm³/mol. The first-order valence-corrected chi connectivity index (χ1v) is 10.5. The molecule has 0 fully saturated rings. The van der Waals surface area contributed by atoms with E-state index in [1.807, 2.05) is 6.07 Å². The van der Waals surface area contributed by atoms with E-state index in [0.717, 1.165) is 17.3 Å². The van der Waals surface area contributed by atoms with Crippen molar-refractivity contribution in [2.24, 2.45) is 0 Å². The van der Waals surface area contributed by atoms with Gasteiger partial charge >= 0.3 is 24.1 Å². The van der Waals surface area contributed by atoms with Crippen molar-refractivity contribution in [1.82, 2.24) is 10.6 Å². The van der Waals surface area contributed by atoms with E-state index < -0.39 is 41.8 Å². The number of nitrogens with one attached hydrogen (secondary N) is 2. The maximum absolute atomic E-state index is 11.9. The van der Waals surface area contributed by atoms with Crippen LogP contribution in [0.25, 0.3) is 0 Å². The van der Waals surface area contributed by atoms with Crippen LogP contribution in [0.4, 0.5) is 9.59 Å². The van der Waals surface area contributed by atoms with Gasteiger partial charge in [-0.1, -0.05) is 30.3 Å². The topological polar surface area (TPSA) is 140 Å². The van der Waals surface area contributed by atoms with Crippen LogP contribution in [0.1, 0.15) is 26.3 Å². The monoisotopic (exact) mass is 456 g/mol. The molecule has 0 aliphatic heterocycles. The molecule has 0 aromatic heterocycles. The Morgan fingerprint density at radius 1 is 1.00 bits per heavy atom. The summed E-state index contributed by atoms with van der Waals surface area (Å²) >= 11 is 1.04. The van der Waals surface area contributed by atoms with Gasteiger partial charge in [-0.05, 0) is 26.3 Å². The number of thioether (sulfide) groups is 1. The number of aliphatic carboxylic acids is 1. The number of benzene rings is 1. The minimum atomic E-state index is -1.26. The molecule has 1 aromatic carbocycles. The number of hydrogen-bond acceptors (Lipinski definition) is 8. The largest absolute Gasteiger partial charge is 0.480 e. The van der Waals surface area contributed by atoms with Crippen molar-refractivity contribution < 1.29 is 38.5 Å². The van der Waals surface area contributed by atoms with Crippen molar-refractivity contribution in [2.75, 3.05) is 18.6 Å². The highest BCUT2D eigenvalue weighted by Gasteiger charge is 2.27. The molecule has 31 heavy (non-hydrogen) atoms. The maximum atomic E-state index is 11.9. The summed E-state index contributed by atoms with van der Waals surface area (Å²) in [6, 6.07) is 6.62. The van der Waals surface area contributed by atoms with Crippen molar-refractivity contribution in [1.29, 1.82) is 0 Å². The smallest absolute Gasteiger partial charge is 0.408 e. The Labute approximate surface area is 185 Å². The van der Waals surface area contributed by atoms with Gasteiger partial charge in [0.1, 0.15) is 24.3 Å². The number of carboxylic acids is 1. The number of hydrogen-bond donors (Lipinski definition) is 3. The molecule has 0 spiro atoms. The number of alkyl carbamates (subject to hydrolysis) is 2. The van der Waals surface area contributed by atoms with E-state index in [1.54, 1.807) is 45.0 Å². The number of carbonyl (C=O) groups excluding carboxylic acids is 3. The minimum absolute atomic E-state index is 0.00359. The highest BCUT2D eigenvalue weighted by molar-refractivity contribution is 7.99. The van der Waals surface area contributed by atoms with E-state index in [1.165, 1.54) is 7.11 Å². The number of carbonyl (C=O) groups is 4. The molecule has 1 rings (SSSR count). The molecule has 0 bridgehead atoms. The molecule has 0 heterocycles. The standard InChI is InChI=1S/C20H28N2O8S/c1-20(2,3)30-19(27)22-15(17(25)28-4)12-31-11-14(16(23)24)21-18(26)29-10-13-8-6-5-7-9-13/h5-9,14-15H,10-12H2,1-4H3,(H,21,26)(H,22,27)(H,23,24)/t14-,15+/m1/s1. The summed E-state index contributed by atoms with van der Waals surface area (Å²) in [5.74, 6) is -2.03. The Bertz CT molecular complexity index is 751. The van der Waals surface area contributed by atoms with Gasteiger partial charge in [0.2, 0.25) is 0 Å². The second-order valence-electron chi connectivity index (χ2n) is 7.36. The molecule has 10 nitrogen and oxygen atoms in total. The lowest BCUT2D eigenvalue weighted by Crippen LogP contribution is -2.46. The van der Waals surface area contributed by atoms with E-state index in [2.05, 4.69) is 15.4 Å². The van der Waals surface area contributed by atoms with Crippen molar-refractivity contribution >= 4 is 35.9 Å². The van der Waals surface area contributed by atoms with Crippen LogP contribution in [-0.4, -0.2) is 65.5 Å². The number of rotatable bonds is 10. The zero-order valence-corrected chi connectivity index (χ0v) is 18.7. The third-order valence-corrected chi connectivity index (χ3v) is 4.69. The fourth-order valence-corrected chi connectivity index (χ4v) is 3.20. The summed E-state index contributed by atoms with van der Waals surface area (Å²) in [7, 11) is 1.17. The lowest BCUT2D eigenvalue weighted by Gasteiger charge is -2.22. The Morgan fingerprint density at radius 2 is 1.58 bits per heavy atom. The van der Waals surface area contributed by atoms with Gasteiger partial charge in [0, 0.05) is 11.5 Å². The maximum Gasteiger partial charge on any atom is 0.408 e.